The summed E-state index contributed by atoms with van der Waals surface area (Å²) < 4.78 is 19.5. The lowest BCUT2D eigenvalue weighted by atomic mass is 9.88. The van der Waals surface area contributed by atoms with E-state index in [9.17, 15) is 10.2 Å². The van der Waals surface area contributed by atoms with Gasteiger partial charge in [-0.2, -0.15) is 0 Å². The Kier molecular flexibility index (Phi) is 8.02. The van der Waals surface area contributed by atoms with E-state index in [-0.39, 0.29) is 37.1 Å². The van der Waals surface area contributed by atoms with Crippen LogP contribution in [0.2, 0.25) is 0 Å². The van der Waals surface area contributed by atoms with E-state index >= 15 is 0 Å². The summed E-state index contributed by atoms with van der Waals surface area (Å²) in [4.78, 5) is 0. The summed E-state index contributed by atoms with van der Waals surface area (Å²) in [7, 11) is 1.63. The average molecular weight is 470 g/mol. The zero-order valence-electron chi connectivity index (χ0n) is 20.2. The Hall–Kier alpha value is -2.28. The van der Waals surface area contributed by atoms with Gasteiger partial charge in [0.1, 0.15) is 17.9 Å². The van der Waals surface area contributed by atoms with Gasteiger partial charge in [-0.25, -0.2) is 4.68 Å². The highest BCUT2D eigenvalue weighted by Crippen LogP contribution is 2.38. The molecule has 8 heteroatoms. The minimum absolute atomic E-state index is 0.0137. The third-order valence-corrected chi connectivity index (χ3v) is 6.61. The molecule has 34 heavy (non-hydrogen) atoms. The number of nitrogens with zero attached hydrogens (tertiary/aromatic N) is 3. The van der Waals surface area contributed by atoms with Crippen molar-refractivity contribution in [2.75, 3.05) is 20.3 Å². The minimum Gasteiger partial charge on any atom is -0.394 e. The standard InChI is InChI=1S/C26H35N3O5/c1-26(2,31)25-16-29(28-27-25)21-15-24-23(13-11-20(17-30)33-24)34-22(21)12-10-19-8-6-18(7-9-19)5-4-14-32-3/h6-9,16,20-24,30-31H,10-15,17H2,1-3H3/t20-,21-,22+,23-,24-/m0/s1. The second-order valence-electron chi connectivity index (χ2n) is 9.69. The second kappa shape index (κ2) is 11.0. The molecule has 2 N–H and O–H groups in total. The zero-order chi connectivity index (χ0) is 24.1. The molecule has 0 aliphatic carbocycles. The largest absolute Gasteiger partial charge is 0.394 e. The van der Waals surface area contributed by atoms with Crippen LogP contribution in [0.25, 0.3) is 0 Å². The Labute approximate surface area is 201 Å². The molecule has 0 radical (unpaired) electrons. The minimum atomic E-state index is -1.07. The quantitative estimate of drug-likeness (QED) is 0.601. The molecule has 184 valence electrons. The van der Waals surface area contributed by atoms with Gasteiger partial charge in [-0.15, -0.1) is 5.10 Å². The monoisotopic (exact) mass is 469 g/mol. The zero-order valence-corrected chi connectivity index (χ0v) is 20.2. The fraction of sp³-hybridized carbons (Fsp3) is 0.615. The maximum Gasteiger partial charge on any atom is 0.114 e. The van der Waals surface area contributed by atoms with E-state index in [1.807, 2.05) is 16.8 Å². The summed E-state index contributed by atoms with van der Waals surface area (Å²) in [5, 5.41) is 28.4. The molecule has 1 aromatic heterocycles. The van der Waals surface area contributed by atoms with Crippen molar-refractivity contribution in [3.8, 4) is 11.8 Å². The van der Waals surface area contributed by atoms with Crippen LogP contribution in [0.15, 0.2) is 30.5 Å². The predicted octanol–water partition coefficient (Wildman–Crippen LogP) is 2.37. The van der Waals surface area contributed by atoms with Gasteiger partial charge >= 0.3 is 0 Å². The molecule has 0 amide bonds. The number of benzene rings is 1. The highest BCUT2D eigenvalue weighted by atomic mass is 16.6. The average Bonchev–Trinajstić information content (AvgIpc) is 3.34. The van der Waals surface area contributed by atoms with Crippen LogP contribution in [0.5, 0.6) is 0 Å². The summed E-state index contributed by atoms with van der Waals surface area (Å²) in [6.45, 7) is 3.84. The Balaban J connectivity index is 1.48. The summed E-state index contributed by atoms with van der Waals surface area (Å²) in [5.74, 6) is 6.06. The highest BCUT2D eigenvalue weighted by Gasteiger charge is 2.43. The molecule has 2 saturated heterocycles. The first-order valence-corrected chi connectivity index (χ1v) is 12.0. The Bertz CT molecular complexity index is 988. The molecule has 0 bridgehead atoms. The normalized spacial score (nSPS) is 27.0. The van der Waals surface area contributed by atoms with E-state index < -0.39 is 5.60 Å². The van der Waals surface area contributed by atoms with Crippen LogP contribution in [0.3, 0.4) is 0 Å². The maximum atomic E-state index is 10.3. The smallest absolute Gasteiger partial charge is 0.114 e. The lowest BCUT2D eigenvalue weighted by Gasteiger charge is -2.45. The van der Waals surface area contributed by atoms with Gasteiger partial charge in [0.25, 0.3) is 0 Å². The summed E-state index contributed by atoms with van der Waals surface area (Å²) in [6, 6.07) is 8.21. The fourth-order valence-corrected chi connectivity index (χ4v) is 4.67. The van der Waals surface area contributed by atoms with E-state index in [1.165, 1.54) is 5.56 Å². The lowest BCUT2D eigenvalue weighted by molar-refractivity contribution is -0.209. The van der Waals surface area contributed by atoms with Crippen LogP contribution in [-0.2, 0) is 26.2 Å². The third-order valence-electron chi connectivity index (χ3n) is 6.61. The third kappa shape index (κ3) is 6.04. The number of aromatic nitrogens is 3. The number of aliphatic hydroxyl groups excluding tert-OH is 1. The van der Waals surface area contributed by atoms with Crippen molar-refractivity contribution in [2.24, 2.45) is 0 Å². The Morgan fingerprint density at radius 1 is 1.18 bits per heavy atom. The maximum absolute atomic E-state index is 10.3. The fourth-order valence-electron chi connectivity index (χ4n) is 4.67. The number of aliphatic hydroxyl groups is 2. The van der Waals surface area contributed by atoms with Crippen LogP contribution < -0.4 is 0 Å². The molecule has 0 saturated carbocycles. The summed E-state index contributed by atoms with van der Waals surface area (Å²) in [5.41, 5.74) is 1.65. The van der Waals surface area contributed by atoms with Crippen molar-refractivity contribution >= 4 is 0 Å². The molecular formula is C26H35N3O5. The second-order valence-corrected chi connectivity index (χ2v) is 9.69. The van der Waals surface area contributed by atoms with Crippen LogP contribution in [0.1, 0.15) is 62.4 Å². The van der Waals surface area contributed by atoms with Gasteiger partial charge in [0.05, 0.1) is 43.3 Å². The van der Waals surface area contributed by atoms with Crippen LogP contribution >= 0.6 is 0 Å². The number of methoxy groups -OCH3 is 1. The van der Waals surface area contributed by atoms with Gasteiger partial charge < -0.3 is 24.4 Å². The molecule has 8 nitrogen and oxygen atoms in total. The Morgan fingerprint density at radius 3 is 2.65 bits per heavy atom. The number of ether oxygens (including phenoxy) is 3. The molecule has 0 spiro atoms. The van der Waals surface area contributed by atoms with Crippen molar-refractivity contribution in [1.29, 1.82) is 0 Å². The summed E-state index contributed by atoms with van der Waals surface area (Å²) in [6.07, 6.45) is 5.61. The van der Waals surface area contributed by atoms with E-state index in [0.717, 1.165) is 37.7 Å². The van der Waals surface area contributed by atoms with Crippen LogP contribution in [0, 0.1) is 11.8 Å². The first-order chi connectivity index (χ1) is 16.4. The van der Waals surface area contributed by atoms with Gasteiger partial charge in [-0.3, -0.25) is 0 Å². The number of fused-ring (bicyclic) bond motifs is 1. The van der Waals surface area contributed by atoms with E-state index in [1.54, 1.807) is 27.2 Å². The topological polar surface area (TPSA) is 98.9 Å². The Morgan fingerprint density at radius 2 is 1.97 bits per heavy atom. The first-order valence-electron chi connectivity index (χ1n) is 12.0. The number of rotatable bonds is 7. The highest BCUT2D eigenvalue weighted by molar-refractivity contribution is 5.36. The molecule has 5 atom stereocenters. The molecular weight excluding hydrogens is 434 g/mol. The number of hydrogen-bond donors (Lipinski definition) is 2. The van der Waals surface area contributed by atoms with Crippen molar-refractivity contribution in [3.63, 3.8) is 0 Å². The predicted molar refractivity (Wildman–Crippen MR) is 126 cm³/mol. The number of aryl methyl sites for hydroxylation is 1. The van der Waals surface area contributed by atoms with Crippen molar-refractivity contribution in [1.82, 2.24) is 15.0 Å². The van der Waals surface area contributed by atoms with Crippen molar-refractivity contribution in [2.45, 2.75) is 82.0 Å². The number of hydrogen-bond acceptors (Lipinski definition) is 7. The molecule has 2 aromatic rings. The molecule has 1 aromatic carbocycles. The van der Waals surface area contributed by atoms with Gasteiger partial charge in [0.2, 0.25) is 0 Å². The van der Waals surface area contributed by atoms with Gasteiger partial charge in [-0.1, -0.05) is 29.2 Å². The summed E-state index contributed by atoms with van der Waals surface area (Å²) >= 11 is 0. The van der Waals surface area contributed by atoms with E-state index in [0.29, 0.717) is 12.3 Å². The van der Waals surface area contributed by atoms with Crippen LogP contribution in [0.4, 0.5) is 0 Å². The molecule has 2 aliphatic rings. The molecule has 3 heterocycles. The molecule has 4 rings (SSSR count). The van der Waals surface area contributed by atoms with Gasteiger partial charge in [0.15, 0.2) is 0 Å². The molecule has 0 unspecified atom stereocenters. The van der Waals surface area contributed by atoms with Crippen molar-refractivity contribution in [3.05, 3.63) is 47.3 Å². The molecule has 2 fully saturated rings. The van der Waals surface area contributed by atoms with Crippen LogP contribution in [-0.4, -0.2) is 69.9 Å². The SMILES string of the molecule is COCC#Cc1ccc(CC[C@H]2O[C@H]3CC[C@@H](CO)O[C@H]3C[C@@H]2n2cc(C(C)(C)O)nn2)cc1. The van der Waals surface area contributed by atoms with E-state index in [2.05, 4.69) is 34.3 Å². The van der Waals surface area contributed by atoms with Gasteiger partial charge in [-0.05, 0) is 57.2 Å². The van der Waals surface area contributed by atoms with Crippen molar-refractivity contribution < 1.29 is 24.4 Å². The lowest BCUT2D eigenvalue weighted by Crippen LogP contribution is -2.51. The molecule has 2 aliphatic heterocycles. The van der Waals surface area contributed by atoms with E-state index in [4.69, 9.17) is 14.2 Å². The first kappa shape index (κ1) is 24.8. The van der Waals surface area contributed by atoms with Gasteiger partial charge in [0, 0.05) is 19.1 Å².